The molecule has 3 N–H and O–H groups in total. The number of hydrogen-bond acceptors (Lipinski definition) is 7. The molecule has 0 aromatic rings. The fourth-order valence-corrected chi connectivity index (χ4v) is 8.27. The predicted octanol–water partition coefficient (Wildman–Crippen LogP) is 0.275. The van der Waals surface area contributed by atoms with Crippen LogP contribution in [0.25, 0.3) is 0 Å². The molecule has 198 valence electrons. The van der Waals surface area contributed by atoms with E-state index in [9.17, 15) is 22.4 Å². The Kier molecular flexibility index (Phi) is 7.12. The monoisotopic (exact) mass is 514 g/mol. The molecule has 2 saturated carbocycles. The molecule has 0 bridgehead atoms. The first-order chi connectivity index (χ1) is 16.7. The highest BCUT2D eigenvalue weighted by Crippen LogP contribution is 2.41. The molecular formula is C23H39FN6O4S. The summed E-state index contributed by atoms with van der Waals surface area (Å²) in [5.74, 6) is -0.285. The van der Waals surface area contributed by atoms with E-state index in [2.05, 4.69) is 15.5 Å². The third kappa shape index (κ3) is 5.22. The summed E-state index contributed by atoms with van der Waals surface area (Å²) in [4.78, 5) is 30.6. The number of sulfonamides is 1. The highest BCUT2D eigenvalue weighted by Gasteiger charge is 2.53. The summed E-state index contributed by atoms with van der Waals surface area (Å²) in [6.45, 7) is 3.52. The number of carbonyl (C=O) groups is 2. The van der Waals surface area contributed by atoms with Gasteiger partial charge < -0.3 is 10.2 Å². The van der Waals surface area contributed by atoms with Gasteiger partial charge in [0.2, 0.25) is 15.9 Å². The molecule has 5 aliphatic rings. The van der Waals surface area contributed by atoms with Crippen LogP contribution in [0.2, 0.25) is 0 Å². The number of rotatable bonds is 8. The molecule has 4 atom stereocenters. The van der Waals surface area contributed by atoms with Crippen LogP contribution >= 0.6 is 0 Å². The quantitative estimate of drug-likeness (QED) is 0.426. The number of halogens is 1. The first kappa shape index (κ1) is 25.3. The van der Waals surface area contributed by atoms with E-state index in [1.165, 1.54) is 4.90 Å². The molecule has 5 rings (SSSR count). The second-order valence-electron chi connectivity index (χ2n) is 11.4. The van der Waals surface area contributed by atoms with Crippen LogP contribution in [0.15, 0.2) is 0 Å². The summed E-state index contributed by atoms with van der Waals surface area (Å²) >= 11 is 0. The van der Waals surface area contributed by atoms with Crippen molar-refractivity contribution in [2.24, 2.45) is 17.8 Å². The summed E-state index contributed by atoms with van der Waals surface area (Å²) in [6.07, 6.45) is 4.02. The summed E-state index contributed by atoms with van der Waals surface area (Å²) in [7, 11) is -1.82. The van der Waals surface area contributed by atoms with E-state index >= 15 is 0 Å². The standard InChI is InChI=1S/C23H39FN6O4S/c1-28-12-17(11-26-28)14-30-21(31)19-10-18(35(33,34)27-23(15-24)6-7-23)2-3-20(19)29(22(30)32)13-16-4-8-25-9-5-16/h16-20,25-27H,2-15H2,1H3. The van der Waals surface area contributed by atoms with Crippen LogP contribution < -0.4 is 15.5 Å². The number of piperidine rings is 1. The maximum atomic E-state index is 13.7. The fraction of sp³-hybridized carbons (Fsp3) is 0.913. The molecule has 3 amide bonds. The average Bonchev–Trinajstić information content (AvgIpc) is 3.49. The van der Waals surface area contributed by atoms with Crippen molar-refractivity contribution >= 4 is 22.0 Å². The number of urea groups is 1. The number of hydrogen-bond donors (Lipinski definition) is 3. The van der Waals surface area contributed by atoms with Gasteiger partial charge in [0.1, 0.15) is 6.67 Å². The number of carbonyl (C=O) groups excluding carboxylic acids is 2. The second-order valence-corrected chi connectivity index (χ2v) is 13.3. The van der Waals surface area contributed by atoms with Crippen molar-refractivity contribution in [3.8, 4) is 0 Å². The molecule has 2 aliphatic carbocycles. The van der Waals surface area contributed by atoms with E-state index in [-0.39, 0.29) is 30.3 Å². The van der Waals surface area contributed by atoms with Gasteiger partial charge in [-0.05, 0) is 64.0 Å². The molecule has 0 aromatic heterocycles. The maximum absolute atomic E-state index is 13.7. The molecule has 35 heavy (non-hydrogen) atoms. The van der Waals surface area contributed by atoms with Crippen molar-refractivity contribution in [1.29, 1.82) is 0 Å². The van der Waals surface area contributed by atoms with Crippen molar-refractivity contribution in [2.45, 2.75) is 61.8 Å². The molecule has 5 fully saturated rings. The Labute approximate surface area is 207 Å². The van der Waals surface area contributed by atoms with Gasteiger partial charge in [-0.15, -0.1) is 0 Å². The molecule has 4 unspecified atom stereocenters. The fourth-order valence-electron chi connectivity index (χ4n) is 6.33. The lowest BCUT2D eigenvalue weighted by Gasteiger charge is -2.49. The van der Waals surface area contributed by atoms with E-state index < -0.39 is 33.4 Å². The van der Waals surface area contributed by atoms with E-state index in [1.807, 2.05) is 17.0 Å². The summed E-state index contributed by atoms with van der Waals surface area (Å²) in [6, 6.07) is -0.494. The highest BCUT2D eigenvalue weighted by atomic mass is 32.2. The Morgan fingerprint density at radius 2 is 1.83 bits per heavy atom. The minimum Gasteiger partial charge on any atom is -0.320 e. The number of hydrazine groups is 1. The number of imide groups is 1. The Morgan fingerprint density at radius 1 is 1.09 bits per heavy atom. The van der Waals surface area contributed by atoms with Crippen LogP contribution in [-0.2, 0) is 14.8 Å². The van der Waals surface area contributed by atoms with E-state index in [0.29, 0.717) is 51.2 Å². The second kappa shape index (κ2) is 9.85. The maximum Gasteiger partial charge on any atom is 0.326 e. The van der Waals surface area contributed by atoms with Crippen molar-refractivity contribution in [3.63, 3.8) is 0 Å². The van der Waals surface area contributed by atoms with Crippen molar-refractivity contribution in [1.82, 2.24) is 30.3 Å². The number of alkyl halides is 1. The van der Waals surface area contributed by atoms with Gasteiger partial charge in [-0.25, -0.2) is 27.3 Å². The van der Waals surface area contributed by atoms with Crippen LogP contribution in [0.3, 0.4) is 0 Å². The Bertz CT molecular complexity index is 925. The summed E-state index contributed by atoms with van der Waals surface area (Å²) in [5, 5.41) is 4.58. The highest BCUT2D eigenvalue weighted by molar-refractivity contribution is 7.90. The van der Waals surface area contributed by atoms with E-state index in [1.54, 1.807) is 0 Å². The van der Waals surface area contributed by atoms with Crippen LogP contribution in [0, 0.1) is 17.8 Å². The zero-order valence-corrected chi connectivity index (χ0v) is 21.4. The van der Waals surface area contributed by atoms with Gasteiger partial charge in [-0.3, -0.25) is 15.1 Å². The normalized spacial score (nSPS) is 34.3. The van der Waals surface area contributed by atoms with E-state index in [4.69, 9.17) is 0 Å². The summed E-state index contributed by atoms with van der Waals surface area (Å²) in [5.41, 5.74) is 2.28. The average molecular weight is 515 g/mol. The van der Waals surface area contributed by atoms with E-state index in [0.717, 1.165) is 32.5 Å². The van der Waals surface area contributed by atoms with Gasteiger partial charge in [-0.2, -0.15) is 0 Å². The topological polar surface area (TPSA) is 114 Å². The van der Waals surface area contributed by atoms with Crippen LogP contribution in [0.1, 0.15) is 44.9 Å². The summed E-state index contributed by atoms with van der Waals surface area (Å²) < 4.78 is 42.3. The Hall–Kier alpha value is -1.34. The lowest BCUT2D eigenvalue weighted by molar-refractivity contribution is -0.141. The SMILES string of the molecule is CN1CC(CN2C(=O)C3CC(S(=O)(=O)NC4(CF)CC4)CCC3N(CC3CCNCC3)C2=O)CN1. The van der Waals surface area contributed by atoms with Gasteiger partial charge in [0.05, 0.1) is 16.7 Å². The third-order valence-electron chi connectivity index (χ3n) is 8.67. The van der Waals surface area contributed by atoms with Crippen LogP contribution in [-0.4, -0.2) is 105 Å². The molecule has 3 heterocycles. The molecule has 0 spiro atoms. The Balaban J connectivity index is 1.35. The van der Waals surface area contributed by atoms with Crippen LogP contribution in [0.5, 0.6) is 0 Å². The number of fused-ring (bicyclic) bond motifs is 1. The number of nitrogens with zero attached hydrogens (tertiary/aromatic N) is 3. The van der Waals surface area contributed by atoms with Crippen molar-refractivity contribution in [2.75, 3.05) is 53.0 Å². The first-order valence-corrected chi connectivity index (χ1v) is 14.6. The zero-order chi connectivity index (χ0) is 24.8. The number of amides is 3. The van der Waals surface area contributed by atoms with Crippen molar-refractivity contribution < 1.29 is 22.4 Å². The zero-order valence-electron chi connectivity index (χ0n) is 20.5. The molecule has 3 aliphatic heterocycles. The lowest BCUT2D eigenvalue weighted by atomic mass is 9.80. The molecular weight excluding hydrogens is 475 g/mol. The minimum absolute atomic E-state index is 0.134. The van der Waals surface area contributed by atoms with Gasteiger partial charge in [0, 0.05) is 45.2 Å². The minimum atomic E-state index is -3.76. The number of nitrogens with one attached hydrogen (secondary N) is 3. The van der Waals surface area contributed by atoms with Gasteiger partial charge in [-0.1, -0.05) is 0 Å². The lowest BCUT2D eigenvalue weighted by Crippen LogP contribution is -2.65. The largest absolute Gasteiger partial charge is 0.326 e. The van der Waals surface area contributed by atoms with Gasteiger partial charge in [0.25, 0.3) is 0 Å². The Morgan fingerprint density at radius 3 is 2.46 bits per heavy atom. The third-order valence-corrected chi connectivity index (χ3v) is 10.7. The molecule has 0 aromatic carbocycles. The molecule has 3 saturated heterocycles. The first-order valence-electron chi connectivity index (χ1n) is 13.1. The molecule has 0 radical (unpaired) electrons. The van der Waals surface area contributed by atoms with Gasteiger partial charge in [0.15, 0.2) is 0 Å². The molecule has 12 heteroatoms. The predicted molar refractivity (Wildman–Crippen MR) is 128 cm³/mol. The smallest absolute Gasteiger partial charge is 0.320 e. The van der Waals surface area contributed by atoms with Gasteiger partial charge >= 0.3 is 6.03 Å². The van der Waals surface area contributed by atoms with Crippen molar-refractivity contribution in [3.05, 3.63) is 0 Å². The molecule has 10 nitrogen and oxygen atoms in total. The van der Waals surface area contributed by atoms with Crippen LogP contribution in [0.4, 0.5) is 9.18 Å².